The van der Waals surface area contributed by atoms with Crippen LogP contribution in [0.4, 0.5) is 5.69 Å². The zero-order valence-corrected chi connectivity index (χ0v) is 13.7. The average Bonchev–Trinajstić information content (AvgIpc) is 2.45. The minimum atomic E-state index is -0.138. The minimum absolute atomic E-state index is 0.0532. The van der Waals surface area contributed by atoms with E-state index < -0.39 is 0 Å². The maximum atomic E-state index is 6.15. The second-order valence-electron chi connectivity index (χ2n) is 7.30. The molecule has 0 bridgehead atoms. The molecule has 2 rings (SSSR count). The molecule has 1 aliphatic rings. The summed E-state index contributed by atoms with van der Waals surface area (Å²) in [6.45, 7) is 9.63. The Labute approximate surface area is 123 Å². The highest BCUT2D eigenvalue weighted by Crippen LogP contribution is 2.38. The van der Waals surface area contributed by atoms with Crippen LogP contribution in [0.1, 0.15) is 39.7 Å². The van der Waals surface area contributed by atoms with Crippen LogP contribution in [0.3, 0.4) is 0 Å². The van der Waals surface area contributed by atoms with Crippen LogP contribution < -0.4 is 5.32 Å². The molecule has 1 unspecified atom stereocenters. The first kappa shape index (κ1) is 15.3. The SMILES string of the molecule is CN(C)Cc1cccc(NC2CC(C)(C)OC2(C)C)c1. The Morgan fingerprint density at radius 1 is 1.25 bits per heavy atom. The van der Waals surface area contributed by atoms with Crippen molar-refractivity contribution in [3.63, 3.8) is 0 Å². The van der Waals surface area contributed by atoms with E-state index in [2.05, 4.69) is 76.3 Å². The van der Waals surface area contributed by atoms with E-state index in [4.69, 9.17) is 4.74 Å². The van der Waals surface area contributed by atoms with Crippen LogP contribution in [0.25, 0.3) is 0 Å². The van der Waals surface area contributed by atoms with Gasteiger partial charge >= 0.3 is 0 Å². The fourth-order valence-corrected chi connectivity index (χ4v) is 3.11. The normalized spacial score (nSPS) is 24.1. The molecular formula is C17H28N2O. The zero-order valence-electron chi connectivity index (χ0n) is 13.7. The molecule has 0 amide bonds. The number of nitrogens with one attached hydrogen (secondary N) is 1. The van der Waals surface area contributed by atoms with Crippen LogP contribution in [-0.4, -0.2) is 36.2 Å². The number of anilines is 1. The van der Waals surface area contributed by atoms with Crippen LogP contribution in [0.5, 0.6) is 0 Å². The quantitative estimate of drug-likeness (QED) is 0.911. The second kappa shape index (κ2) is 5.38. The van der Waals surface area contributed by atoms with E-state index in [0.29, 0.717) is 6.04 Å². The van der Waals surface area contributed by atoms with Crippen molar-refractivity contribution in [1.82, 2.24) is 4.90 Å². The van der Waals surface area contributed by atoms with Gasteiger partial charge < -0.3 is 15.0 Å². The van der Waals surface area contributed by atoms with Gasteiger partial charge in [0.15, 0.2) is 0 Å². The molecule has 0 saturated carbocycles. The molecule has 0 spiro atoms. The van der Waals surface area contributed by atoms with Crippen molar-refractivity contribution < 1.29 is 4.74 Å². The number of benzene rings is 1. The number of rotatable bonds is 4. The van der Waals surface area contributed by atoms with Gasteiger partial charge in [-0.1, -0.05) is 12.1 Å². The Morgan fingerprint density at radius 3 is 2.50 bits per heavy atom. The molecule has 1 aromatic rings. The molecule has 1 aromatic carbocycles. The van der Waals surface area contributed by atoms with E-state index in [1.807, 2.05) is 0 Å². The highest BCUT2D eigenvalue weighted by atomic mass is 16.5. The van der Waals surface area contributed by atoms with Gasteiger partial charge in [-0.2, -0.15) is 0 Å². The second-order valence-corrected chi connectivity index (χ2v) is 7.30. The van der Waals surface area contributed by atoms with Gasteiger partial charge in [0.1, 0.15) is 0 Å². The molecular weight excluding hydrogens is 248 g/mol. The highest BCUT2D eigenvalue weighted by molar-refractivity contribution is 5.47. The molecule has 3 nitrogen and oxygen atoms in total. The van der Waals surface area contributed by atoms with Gasteiger partial charge in [0.25, 0.3) is 0 Å². The Balaban J connectivity index is 2.10. The van der Waals surface area contributed by atoms with Gasteiger partial charge in [0, 0.05) is 12.2 Å². The van der Waals surface area contributed by atoms with Gasteiger partial charge in [-0.25, -0.2) is 0 Å². The molecule has 112 valence electrons. The summed E-state index contributed by atoms with van der Waals surface area (Å²) in [4.78, 5) is 2.19. The summed E-state index contributed by atoms with van der Waals surface area (Å²) in [6.07, 6.45) is 1.03. The lowest BCUT2D eigenvalue weighted by Gasteiger charge is -2.28. The summed E-state index contributed by atoms with van der Waals surface area (Å²) >= 11 is 0. The molecule has 1 aliphatic heterocycles. The van der Waals surface area contributed by atoms with E-state index in [9.17, 15) is 0 Å². The van der Waals surface area contributed by atoms with E-state index in [-0.39, 0.29) is 11.2 Å². The standard InChI is InChI=1S/C17H28N2O/c1-16(2)11-15(17(3,4)20-16)18-14-9-7-8-13(10-14)12-19(5)6/h7-10,15,18H,11-12H2,1-6H3. The summed E-state index contributed by atoms with van der Waals surface area (Å²) in [7, 11) is 4.19. The van der Waals surface area contributed by atoms with E-state index in [0.717, 1.165) is 13.0 Å². The van der Waals surface area contributed by atoms with Crippen molar-refractivity contribution in [3.05, 3.63) is 29.8 Å². The fraction of sp³-hybridized carbons (Fsp3) is 0.647. The molecule has 1 N–H and O–H groups in total. The molecule has 0 radical (unpaired) electrons. The Morgan fingerprint density at radius 2 is 1.95 bits per heavy atom. The lowest BCUT2D eigenvalue weighted by molar-refractivity contribution is -0.0662. The summed E-state index contributed by atoms with van der Waals surface area (Å²) in [5, 5.41) is 3.66. The average molecular weight is 276 g/mol. The van der Waals surface area contributed by atoms with Crippen molar-refractivity contribution in [1.29, 1.82) is 0 Å². The van der Waals surface area contributed by atoms with Crippen molar-refractivity contribution in [3.8, 4) is 0 Å². The Bertz CT molecular complexity index is 466. The van der Waals surface area contributed by atoms with Crippen molar-refractivity contribution in [2.45, 2.75) is 57.9 Å². The van der Waals surface area contributed by atoms with Crippen LogP contribution in [0, 0.1) is 0 Å². The van der Waals surface area contributed by atoms with Crippen LogP contribution in [0.2, 0.25) is 0 Å². The van der Waals surface area contributed by atoms with Crippen molar-refractivity contribution >= 4 is 5.69 Å². The molecule has 1 heterocycles. The largest absolute Gasteiger partial charge is 0.379 e. The molecule has 1 atom stereocenters. The highest BCUT2D eigenvalue weighted by Gasteiger charge is 2.45. The number of hydrogen-bond donors (Lipinski definition) is 1. The predicted molar refractivity (Wildman–Crippen MR) is 85.1 cm³/mol. The molecule has 1 saturated heterocycles. The van der Waals surface area contributed by atoms with E-state index >= 15 is 0 Å². The molecule has 0 aliphatic carbocycles. The monoisotopic (exact) mass is 276 g/mol. The summed E-state index contributed by atoms with van der Waals surface area (Å²) in [5.74, 6) is 0. The maximum Gasteiger partial charge on any atom is 0.0834 e. The predicted octanol–water partition coefficient (Wildman–Crippen LogP) is 3.51. The molecule has 3 heteroatoms. The van der Waals surface area contributed by atoms with Gasteiger partial charge in [0.2, 0.25) is 0 Å². The minimum Gasteiger partial charge on any atom is -0.379 e. The van der Waals surface area contributed by atoms with Gasteiger partial charge in [-0.05, 0) is 65.9 Å². The first-order valence-corrected chi connectivity index (χ1v) is 7.38. The lowest BCUT2D eigenvalue weighted by Crippen LogP contribution is -2.38. The van der Waals surface area contributed by atoms with Crippen LogP contribution >= 0.6 is 0 Å². The third-order valence-electron chi connectivity index (χ3n) is 3.84. The smallest absolute Gasteiger partial charge is 0.0834 e. The third-order valence-corrected chi connectivity index (χ3v) is 3.84. The number of ether oxygens (including phenoxy) is 1. The number of hydrogen-bond acceptors (Lipinski definition) is 3. The first-order chi connectivity index (χ1) is 9.18. The number of nitrogens with zero attached hydrogens (tertiary/aromatic N) is 1. The summed E-state index contributed by atoms with van der Waals surface area (Å²) < 4.78 is 6.15. The van der Waals surface area contributed by atoms with Gasteiger partial charge in [-0.3, -0.25) is 0 Å². The zero-order chi connectivity index (χ0) is 15.0. The fourth-order valence-electron chi connectivity index (χ4n) is 3.11. The van der Waals surface area contributed by atoms with Crippen molar-refractivity contribution in [2.24, 2.45) is 0 Å². The summed E-state index contributed by atoms with van der Waals surface area (Å²) in [6, 6.07) is 9.01. The van der Waals surface area contributed by atoms with E-state index in [1.54, 1.807) is 0 Å². The molecule has 1 fully saturated rings. The topological polar surface area (TPSA) is 24.5 Å². The lowest BCUT2D eigenvalue weighted by atomic mass is 9.94. The van der Waals surface area contributed by atoms with Crippen LogP contribution in [0.15, 0.2) is 24.3 Å². The maximum absolute atomic E-state index is 6.15. The van der Waals surface area contributed by atoms with Crippen molar-refractivity contribution in [2.75, 3.05) is 19.4 Å². The molecule has 0 aromatic heterocycles. The molecule has 20 heavy (non-hydrogen) atoms. The summed E-state index contributed by atoms with van der Waals surface area (Å²) in [5.41, 5.74) is 2.32. The Hall–Kier alpha value is -1.06. The van der Waals surface area contributed by atoms with Gasteiger partial charge in [0.05, 0.1) is 17.2 Å². The Kier molecular flexibility index (Phi) is 4.12. The van der Waals surface area contributed by atoms with E-state index in [1.165, 1.54) is 11.3 Å². The third kappa shape index (κ3) is 3.74. The first-order valence-electron chi connectivity index (χ1n) is 7.38. The van der Waals surface area contributed by atoms with Crippen LogP contribution in [-0.2, 0) is 11.3 Å². The van der Waals surface area contributed by atoms with Gasteiger partial charge in [-0.15, -0.1) is 0 Å².